The molecule has 1 saturated heterocycles. The molecule has 4 heterocycles. The molecule has 174 valence electrons. The summed E-state index contributed by atoms with van der Waals surface area (Å²) in [5, 5.41) is 8.63. The summed E-state index contributed by atoms with van der Waals surface area (Å²) >= 11 is 0. The number of carbonyl (C=O) groups excluding carboxylic acids is 1. The van der Waals surface area contributed by atoms with Gasteiger partial charge in [-0.05, 0) is 12.8 Å². The lowest BCUT2D eigenvalue weighted by Crippen LogP contribution is -2.49. The first-order valence-corrected chi connectivity index (χ1v) is 11.0. The Hall–Kier alpha value is -3.08. The van der Waals surface area contributed by atoms with Gasteiger partial charge in [-0.3, -0.25) is 4.79 Å². The lowest BCUT2D eigenvalue weighted by Gasteiger charge is -2.39. The van der Waals surface area contributed by atoms with Crippen LogP contribution >= 0.6 is 0 Å². The lowest BCUT2D eigenvalue weighted by atomic mass is 9.96. The fourth-order valence-electron chi connectivity index (χ4n) is 3.93. The summed E-state index contributed by atoms with van der Waals surface area (Å²) in [5.41, 5.74) is 1.91. The van der Waals surface area contributed by atoms with E-state index in [1.165, 1.54) is 6.92 Å². The van der Waals surface area contributed by atoms with Crippen molar-refractivity contribution in [2.45, 2.75) is 31.3 Å². The van der Waals surface area contributed by atoms with Gasteiger partial charge in [-0.2, -0.15) is 5.10 Å². The third kappa shape index (κ3) is 4.17. The van der Waals surface area contributed by atoms with E-state index >= 15 is 0 Å². The van der Waals surface area contributed by atoms with Crippen molar-refractivity contribution in [3.05, 3.63) is 35.8 Å². The number of amides is 1. The first kappa shape index (κ1) is 21.7. The number of pyridine rings is 2. The number of hydrogen-bond acceptors (Lipinski definition) is 8. The predicted molar refractivity (Wildman–Crippen MR) is 120 cm³/mol. The third-order valence-corrected chi connectivity index (χ3v) is 5.95. The Balaban J connectivity index is 1.64. The number of fused-ring (bicyclic) bond motifs is 1. The van der Waals surface area contributed by atoms with Gasteiger partial charge in [0.1, 0.15) is 18.2 Å². The Morgan fingerprint density at radius 1 is 1.24 bits per heavy atom. The largest absolute Gasteiger partial charge is 0.491 e. The highest BCUT2D eigenvalue weighted by molar-refractivity contribution is 5.91. The van der Waals surface area contributed by atoms with Crippen LogP contribution < -0.4 is 10.1 Å². The molecule has 0 radical (unpaired) electrons. The standard InChI is InChI=1S/C23H27N5O5/c1-14(29)25-20-10-18-17(11-24-20)22(15-4-5-15)27-28(18)21-9-16(33-7-6-30-2)8-19(26-21)23(31-3)12-32-13-23/h8-11,15H,4-7,12-13H2,1-3H3,(H,24,25,29). The van der Waals surface area contributed by atoms with E-state index in [4.69, 9.17) is 29.0 Å². The molecule has 2 fully saturated rings. The van der Waals surface area contributed by atoms with Gasteiger partial charge in [0.05, 0.1) is 36.7 Å². The maximum absolute atomic E-state index is 11.6. The Kier molecular flexibility index (Phi) is 5.73. The molecule has 3 aromatic heterocycles. The summed E-state index contributed by atoms with van der Waals surface area (Å²) in [6, 6.07) is 5.56. The molecule has 0 aromatic carbocycles. The predicted octanol–water partition coefficient (Wildman–Crippen LogP) is 2.55. The normalized spacial score (nSPS) is 17.1. The molecule has 3 aromatic rings. The number of ether oxygens (including phenoxy) is 4. The molecule has 1 amide bonds. The van der Waals surface area contributed by atoms with Gasteiger partial charge < -0.3 is 24.3 Å². The van der Waals surface area contributed by atoms with E-state index in [9.17, 15) is 4.79 Å². The Bertz CT molecular complexity index is 1180. The Morgan fingerprint density at radius 3 is 2.70 bits per heavy atom. The number of carbonyl (C=O) groups is 1. The fourth-order valence-corrected chi connectivity index (χ4v) is 3.93. The van der Waals surface area contributed by atoms with Crippen LogP contribution in [0.25, 0.3) is 16.7 Å². The molecule has 2 aliphatic rings. The van der Waals surface area contributed by atoms with E-state index in [0.717, 1.165) is 29.4 Å². The molecule has 0 unspecified atom stereocenters. The van der Waals surface area contributed by atoms with Crippen LogP contribution in [0.3, 0.4) is 0 Å². The quantitative estimate of drug-likeness (QED) is 0.492. The number of anilines is 1. The summed E-state index contributed by atoms with van der Waals surface area (Å²) < 4.78 is 24.1. The second-order valence-corrected chi connectivity index (χ2v) is 8.42. The first-order valence-electron chi connectivity index (χ1n) is 11.0. The van der Waals surface area contributed by atoms with Crippen LogP contribution in [-0.2, 0) is 24.6 Å². The van der Waals surface area contributed by atoms with Gasteiger partial charge in [0.15, 0.2) is 11.4 Å². The maximum Gasteiger partial charge on any atom is 0.222 e. The molecular weight excluding hydrogens is 426 g/mol. The van der Waals surface area contributed by atoms with Crippen LogP contribution in [0, 0.1) is 0 Å². The zero-order chi connectivity index (χ0) is 23.0. The van der Waals surface area contributed by atoms with Crippen LogP contribution in [0.1, 0.15) is 37.1 Å². The van der Waals surface area contributed by atoms with E-state index in [1.54, 1.807) is 25.1 Å². The van der Waals surface area contributed by atoms with E-state index in [1.807, 2.05) is 18.2 Å². The molecule has 10 nitrogen and oxygen atoms in total. The van der Waals surface area contributed by atoms with E-state index in [0.29, 0.717) is 55.4 Å². The molecule has 33 heavy (non-hydrogen) atoms. The SMILES string of the molecule is COCCOc1cc(-n2nc(C3CC3)c3cnc(NC(C)=O)cc32)nc(C2(OC)COC2)c1. The second kappa shape index (κ2) is 8.69. The molecule has 10 heteroatoms. The fraction of sp³-hybridized carbons (Fsp3) is 0.478. The number of rotatable bonds is 9. The minimum Gasteiger partial charge on any atom is -0.491 e. The second-order valence-electron chi connectivity index (χ2n) is 8.42. The Labute approximate surface area is 191 Å². The average molecular weight is 453 g/mol. The summed E-state index contributed by atoms with van der Waals surface area (Å²) in [4.78, 5) is 20.9. The zero-order valence-corrected chi connectivity index (χ0v) is 19.0. The summed E-state index contributed by atoms with van der Waals surface area (Å²) in [7, 11) is 3.29. The van der Waals surface area contributed by atoms with Crippen LogP contribution in [0.15, 0.2) is 24.4 Å². The number of aromatic nitrogens is 4. The number of nitrogens with one attached hydrogen (secondary N) is 1. The van der Waals surface area contributed by atoms with Gasteiger partial charge in [0.2, 0.25) is 5.91 Å². The van der Waals surface area contributed by atoms with Crippen molar-refractivity contribution in [2.75, 3.05) is 46.0 Å². The molecule has 5 rings (SSSR count). The monoisotopic (exact) mass is 453 g/mol. The molecule has 0 atom stereocenters. The van der Waals surface area contributed by atoms with Crippen LogP contribution in [0.2, 0.25) is 0 Å². The molecule has 0 bridgehead atoms. The van der Waals surface area contributed by atoms with Crippen molar-refractivity contribution in [1.82, 2.24) is 19.7 Å². The van der Waals surface area contributed by atoms with Crippen LogP contribution in [-0.4, -0.2) is 66.3 Å². The smallest absolute Gasteiger partial charge is 0.222 e. The maximum atomic E-state index is 11.6. The molecule has 1 aliphatic heterocycles. The first-order chi connectivity index (χ1) is 16.0. The van der Waals surface area contributed by atoms with Gasteiger partial charge in [-0.1, -0.05) is 0 Å². The number of hydrogen-bond donors (Lipinski definition) is 1. The minimum absolute atomic E-state index is 0.184. The summed E-state index contributed by atoms with van der Waals surface area (Å²) in [6.45, 7) is 3.16. The Morgan fingerprint density at radius 2 is 2.06 bits per heavy atom. The van der Waals surface area contributed by atoms with E-state index < -0.39 is 5.60 Å². The summed E-state index contributed by atoms with van der Waals surface area (Å²) in [6.07, 6.45) is 3.97. The minimum atomic E-state index is -0.624. The van der Waals surface area contributed by atoms with E-state index in [-0.39, 0.29) is 5.91 Å². The van der Waals surface area contributed by atoms with Gasteiger partial charge in [0.25, 0.3) is 0 Å². The van der Waals surface area contributed by atoms with Gasteiger partial charge in [-0.15, -0.1) is 0 Å². The summed E-state index contributed by atoms with van der Waals surface area (Å²) in [5.74, 6) is 1.93. The van der Waals surface area contributed by atoms with E-state index in [2.05, 4.69) is 10.3 Å². The third-order valence-electron chi connectivity index (χ3n) is 5.95. The van der Waals surface area contributed by atoms with Crippen molar-refractivity contribution in [2.24, 2.45) is 0 Å². The molecule has 1 saturated carbocycles. The van der Waals surface area contributed by atoms with Crippen molar-refractivity contribution < 1.29 is 23.7 Å². The molecule has 0 spiro atoms. The van der Waals surface area contributed by atoms with Crippen molar-refractivity contribution in [1.29, 1.82) is 0 Å². The average Bonchev–Trinajstić information content (AvgIpc) is 3.54. The molecule has 1 N–H and O–H groups in total. The zero-order valence-electron chi connectivity index (χ0n) is 19.0. The van der Waals surface area contributed by atoms with Gasteiger partial charge in [-0.25, -0.2) is 14.6 Å². The topological polar surface area (TPSA) is 110 Å². The van der Waals surface area contributed by atoms with Crippen LogP contribution in [0.4, 0.5) is 5.82 Å². The number of methoxy groups -OCH3 is 2. The lowest BCUT2D eigenvalue weighted by molar-refractivity contribution is -0.204. The number of nitrogens with zero attached hydrogens (tertiary/aromatic N) is 4. The highest BCUT2D eigenvalue weighted by Gasteiger charge is 2.43. The highest BCUT2D eigenvalue weighted by Crippen LogP contribution is 2.43. The van der Waals surface area contributed by atoms with Gasteiger partial charge in [0, 0.05) is 56.8 Å². The van der Waals surface area contributed by atoms with Crippen molar-refractivity contribution in [3.8, 4) is 11.6 Å². The van der Waals surface area contributed by atoms with Crippen molar-refractivity contribution >= 4 is 22.6 Å². The van der Waals surface area contributed by atoms with Crippen molar-refractivity contribution in [3.63, 3.8) is 0 Å². The molecule has 1 aliphatic carbocycles. The molecular formula is C23H27N5O5. The van der Waals surface area contributed by atoms with Crippen LogP contribution in [0.5, 0.6) is 5.75 Å². The van der Waals surface area contributed by atoms with Gasteiger partial charge >= 0.3 is 0 Å². The highest BCUT2D eigenvalue weighted by atomic mass is 16.6.